The summed E-state index contributed by atoms with van der Waals surface area (Å²) in [4.78, 5) is 20.0. The van der Waals surface area contributed by atoms with Gasteiger partial charge in [-0.3, -0.25) is 14.7 Å². The molecule has 2 aromatic heterocycles. The molecule has 0 unspecified atom stereocenters. The van der Waals surface area contributed by atoms with Crippen molar-refractivity contribution in [3.63, 3.8) is 0 Å². The second-order valence-electron chi connectivity index (χ2n) is 10.1. The molecule has 1 aromatic carbocycles. The zero-order valence-corrected chi connectivity index (χ0v) is 21.9. The van der Waals surface area contributed by atoms with Crippen LogP contribution in [0.15, 0.2) is 48.8 Å². The summed E-state index contributed by atoms with van der Waals surface area (Å²) in [6.07, 6.45) is 1.48. The van der Waals surface area contributed by atoms with Gasteiger partial charge in [-0.15, -0.1) is 13.2 Å². The molecule has 1 aliphatic carbocycles. The largest absolute Gasteiger partial charge is 0.573 e. The summed E-state index contributed by atoms with van der Waals surface area (Å²) in [5.74, 6) is -0.755. The molecule has 1 aliphatic heterocycles. The summed E-state index contributed by atoms with van der Waals surface area (Å²) in [5.41, 5.74) is 1.81. The number of pyridine rings is 1. The maximum absolute atomic E-state index is 13.0. The number of carbonyl (C=O) groups excluding carboxylic acids is 1. The van der Waals surface area contributed by atoms with E-state index in [-0.39, 0.29) is 5.75 Å². The molecule has 40 heavy (non-hydrogen) atoms. The number of nitrogens with one attached hydrogen (secondary N) is 1. The van der Waals surface area contributed by atoms with Crippen molar-refractivity contribution in [1.29, 1.82) is 5.26 Å². The molecule has 1 amide bonds. The van der Waals surface area contributed by atoms with Crippen LogP contribution < -0.4 is 10.1 Å². The Bertz CT molecular complexity index is 1370. The monoisotopic (exact) mass is 554 g/mol. The number of ether oxygens (including phenoxy) is 2. The van der Waals surface area contributed by atoms with Crippen molar-refractivity contribution in [2.75, 3.05) is 31.6 Å². The van der Waals surface area contributed by atoms with Crippen LogP contribution in [0.4, 0.5) is 18.9 Å². The molecule has 5 rings (SSSR count). The first-order valence-corrected chi connectivity index (χ1v) is 13.1. The van der Waals surface area contributed by atoms with Gasteiger partial charge in [-0.1, -0.05) is 0 Å². The average Bonchev–Trinajstić information content (AvgIpc) is 3.35. The fraction of sp³-hybridized carbons (Fsp3) is 0.429. The van der Waals surface area contributed by atoms with Gasteiger partial charge in [-0.2, -0.15) is 10.4 Å². The highest BCUT2D eigenvalue weighted by Gasteiger charge is 2.40. The third kappa shape index (κ3) is 5.95. The number of aromatic nitrogens is 3. The summed E-state index contributed by atoms with van der Waals surface area (Å²) in [6, 6.07) is 11.7. The quantitative estimate of drug-likeness (QED) is 0.468. The van der Waals surface area contributed by atoms with Crippen molar-refractivity contribution in [1.82, 2.24) is 19.7 Å². The van der Waals surface area contributed by atoms with E-state index in [1.54, 1.807) is 25.3 Å². The van der Waals surface area contributed by atoms with Crippen LogP contribution in [-0.4, -0.2) is 64.3 Å². The zero-order valence-electron chi connectivity index (χ0n) is 21.9. The highest BCUT2D eigenvalue weighted by molar-refractivity contribution is 6.04. The van der Waals surface area contributed by atoms with Gasteiger partial charge in [0, 0.05) is 19.1 Å². The Balaban J connectivity index is 1.22. The highest BCUT2D eigenvalue weighted by Crippen LogP contribution is 2.40. The van der Waals surface area contributed by atoms with Crippen LogP contribution in [-0.2, 0) is 10.2 Å². The zero-order chi connectivity index (χ0) is 28.3. The topological polar surface area (TPSA) is 105 Å². The molecule has 1 saturated heterocycles. The minimum atomic E-state index is -4.78. The van der Waals surface area contributed by atoms with E-state index in [0.717, 1.165) is 52.0 Å². The minimum Gasteiger partial charge on any atom is -0.406 e. The molecule has 0 spiro atoms. The molecule has 9 nitrogen and oxygen atoms in total. The number of alkyl halides is 3. The van der Waals surface area contributed by atoms with Crippen LogP contribution in [0, 0.1) is 18.3 Å². The Hall–Kier alpha value is -3.95. The van der Waals surface area contributed by atoms with Crippen molar-refractivity contribution in [2.45, 2.75) is 50.4 Å². The maximum Gasteiger partial charge on any atom is 0.573 e. The molecule has 2 aliphatic rings. The SMILES string of the molecule is Cc1c(C(=O)Nc2ccc(C3(C#N)CCC(N4CCOCC4)CC3)nc2)cnn1-c1ccc(OC(F)(F)F)cc1. The van der Waals surface area contributed by atoms with E-state index >= 15 is 0 Å². The van der Waals surface area contributed by atoms with E-state index < -0.39 is 17.7 Å². The number of halogens is 3. The van der Waals surface area contributed by atoms with Gasteiger partial charge in [0.2, 0.25) is 0 Å². The van der Waals surface area contributed by atoms with E-state index in [4.69, 9.17) is 4.74 Å². The fourth-order valence-electron chi connectivity index (χ4n) is 5.46. The second kappa shape index (κ2) is 11.3. The van der Waals surface area contributed by atoms with Crippen molar-refractivity contribution in [3.8, 4) is 17.5 Å². The number of carbonyl (C=O) groups is 1. The Morgan fingerprint density at radius 3 is 2.42 bits per heavy atom. The van der Waals surface area contributed by atoms with Gasteiger partial charge in [-0.05, 0) is 69.0 Å². The van der Waals surface area contributed by atoms with Gasteiger partial charge in [0.1, 0.15) is 5.75 Å². The molecule has 3 aromatic rings. The third-order valence-corrected chi connectivity index (χ3v) is 7.67. The predicted octanol–water partition coefficient (Wildman–Crippen LogP) is 4.76. The normalized spacial score (nSPS) is 21.9. The number of rotatable bonds is 6. The molecule has 2 fully saturated rings. The molecule has 3 heterocycles. The third-order valence-electron chi connectivity index (χ3n) is 7.67. The van der Waals surface area contributed by atoms with E-state index in [1.807, 2.05) is 0 Å². The van der Waals surface area contributed by atoms with Crippen molar-refractivity contribution in [3.05, 3.63) is 65.7 Å². The van der Waals surface area contributed by atoms with Gasteiger partial charge in [0.25, 0.3) is 5.91 Å². The lowest BCUT2D eigenvalue weighted by Gasteiger charge is -2.41. The van der Waals surface area contributed by atoms with E-state index in [1.165, 1.54) is 35.1 Å². The molecule has 1 N–H and O–H groups in total. The van der Waals surface area contributed by atoms with Gasteiger partial charge >= 0.3 is 6.36 Å². The summed E-state index contributed by atoms with van der Waals surface area (Å²) in [6.45, 7) is 5.05. The molecule has 0 bridgehead atoms. The van der Waals surface area contributed by atoms with E-state index in [2.05, 4.69) is 31.1 Å². The van der Waals surface area contributed by atoms with Crippen LogP contribution in [0.3, 0.4) is 0 Å². The van der Waals surface area contributed by atoms with Gasteiger partial charge in [-0.25, -0.2) is 4.68 Å². The number of hydrogen-bond acceptors (Lipinski definition) is 7. The van der Waals surface area contributed by atoms with Gasteiger partial charge in [0.05, 0.1) is 65.4 Å². The van der Waals surface area contributed by atoms with Crippen LogP contribution in [0.5, 0.6) is 5.75 Å². The summed E-state index contributed by atoms with van der Waals surface area (Å²) in [5, 5.41) is 17.1. The number of nitrogens with zero attached hydrogens (tertiary/aromatic N) is 5. The molecule has 1 saturated carbocycles. The molecular weight excluding hydrogens is 525 g/mol. The number of amides is 1. The fourth-order valence-corrected chi connectivity index (χ4v) is 5.46. The maximum atomic E-state index is 13.0. The second-order valence-corrected chi connectivity index (χ2v) is 10.1. The van der Waals surface area contributed by atoms with Gasteiger partial charge < -0.3 is 14.8 Å². The van der Waals surface area contributed by atoms with Gasteiger partial charge in [0.15, 0.2) is 0 Å². The predicted molar refractivity (Wildman–Crippen MR) is 139 cm³/mol. The van der Waals surface area contributed by atoms with Crippen molar-refractivity contribution < 1.29 is 27.4 Å². The number of benzene rings is 1. The van der Waals surface area contributed by atoms with Crippen LogP contribution >= 0.6 is 0 Å². The van der Waals surface area contributed by atoms with Crippen LogP contribution in [0.1, 0.15) is 47.4 Å². The first kappa shape index (κ1) is 27.6. The van der Waals surface area contributed by atoms with Crippen molar-refractivity contribution >= 4 is 11.6 Å². The number of hydrogen-bond donors (Lipinski definition) is 1. The van der Waals surface area contributed by atoms with E-state index in [9.17, 15) is 23.2 Å². The average molecular weight is 555 g/mol. The molecule has 0 atom stereocenters. The number of nitriles is 1. The Kier molecular flexibility index (Phi) is 7.78. The first-order valence-electron chi connectivity index (χ1n) is 13.1. The van der Waals surface area contributed by atoms with Crippen LogP contribution in [0.2, 0.25) is 0 Å². The molecule has 12 heteroatoms. The molecular formula is C28H29F3N6O3. The van der Waals surface area contributed by atoms with Crippen molar-refractivity contribution in [2.24, 2.45) is 0 Å². The Morgan fingerprint density at radius 1 is 1.12 bits per heavy atom. The number of morpholine rings is 1. The van der Waals surface area contributed by atoms with E-state index in [0.29, 0.717) is 34.4 Å². The standard InChI is InChI=1S/C28H29F3N6O3/c1-19-24(17-34-37(19)22-3-5-23(6-4-22)40-28(29,30)31)26(38)35-20-2-7-25(33-16-20)27(18-32)10-8-21(9-11-27)36-12-14-39-15-13-36/h2-7,16-17,21H,8-15H2,1H3,(H,35,38). The summed E-state index contributed by atoms with van der Waals surface area (Å²) in [7, 11) is 0. The lowest BCUT2D eigenvalue weighted by molar-refractivity contribution is -0.274. The highest BCUT2D eigenvalue weighted by atomic mass is 19.4. The first-order chi connectivity index (χ1) is 19.2. The molecule has 210 valence electrons. The summed E-state index contributed by atoms with van der Waals surface area (Å²) < 4.78 is 48.1. The Labute approximate surface area is 229 Å². The molecule has 0 radical (unpaired) electrons. The smallest absolute Gasteiger partial charge is 0.406 e. The minimum absolute atomic E-state index is 0.301. The summed E-state index contributed by atoms with van der Waals surface area (Å²) >= 11 is 0. The van der Waals surface area contributed by atoms with Crippen LogP contribution in [0.25, 0.3) is 5.69 Å². The number of anilines is 1. The lowest BCUT2D eigenvalue weighted by atomic mass is 9.71. The Morgan fingerprint density at radius 2 is 1.82 bits per heavy atom. The lowest BCUT2D eigenvalue weighted by Crippen LogP contribution is -2.47.